The van der Waals surface area contributed by atoms with Crippen molar-refractivity contribution in [1.29, 1.82) is 0 Å². The number of rotatable bonds is 8. The summed E-state index contributed by atoms with van der Waals surface area (Å²) in [4.78, 5) is 12.4. The fourth-order valence-electron chi connectivity index (χ4n) is 2.60. The van der Waals surface area contributed by atoms with Crippen molar-refractivity contribution >= 4 is 15.9 Å². The van der Waals surface area contributed by atoms with Crippen molar-refractivity contribution in [3.05, 3.63) is 54.1 Å². The van der Waals surface area contributed by atoms with E-state index >= 15 is 0 Å². The van der Waals surface area contributed by atoms with Gasteiger partial charge < -0.3 is 14.8 Å². The van der Waals surface area contributed by atoms with E-state index in [4.69, 9.17) is 9.47 Å². The number of hydrogen-bond acceptors (Lipinski definition) is 5. The number of benzene rings is 2. The first-order valence-electron chi connectivity index (χ1n) is 8.32. The fraction of sp³-hybridized carbons (Fsp3) is 0.316. The molecule has 0 fully saturated rings. The van der Waals surface area contributed by atoms with E-state index in [1.807, 2.05) is 25.1 Å². The van der Waals surface area contributed by atoms with Gasteiger partial charge in [-0.25, -0.2) is 8.42 Å². The Morgan fingerprint density at radius 1 is 1.07 bits per heavy atom. The lowest BCUT2D eigenvalue weighted by Crippen LogP contribution is -2.39. The molecule has 0 heterocycles. The van der Waals surface area contributed by atoms with Gasteiger partial charge in [0.1, 0.15) is 11.5 Å². The average molecular weight is 392 g/mol. The Hall–Kier alpha value is -2.58. The highest BCUT2D eigenvalue weighted by Crippen LogP contribution is 2.24. The summed E-state index contributed by atoms with van der Waals surface area (Å²) in [6, 6.07) is 13.0. The van der Waals surface area contributed by atoms with Crippen LogP contribution in [0.1, 0.15) is 18.5 Å². The molecule has 0 bridgehead atoms. The van der Waals surface area contributed by atoms with Crippen LogP contribution >= 0.6 is 0 Å². The number of nitrogens with one attached hydrogen (secondary N) is 1. The maximum absolute atomic E-state index is 12.6. The van der Waals surface area contributed by atoms with Crippen LogP contribution in [0.5, 0.6) is 11.5 Å². The Labute approximate surface area is 160 Å². The van der Waals surface area contributed by atoms with Crippen LogP contribution in [0.4, 0.5) is 0 Å². The van der Waals surface area contributed by atoms with E-state index < -0.39 is 15.9 Å². The molecule has 0 aromatic heterocycles. The zero-order chi connectivity index (χ0) is 20.0. The second-order valence-corrected chi connectivity index (χ2v) is 8.01. The van der Waals surface area contributed by atoms with Gasteiger partial charge in [0.05, 0.1) is 31.7 Å². The van der Waals surface area contributed by atoms with Gasteiger partial charge in [0.15, 0.2) is 0 Å². The third-order valence-electron chi connectivity index (χ3n) is 4.12. The fourth-order valence-corrected chi connectivity index (χ4v) is 3.73. The highest BCUT2D eigenvalue weighted by molar-refractivity contribution is 7.89. The van der Waals surface area contributed by atoms with Crippen LogP contribution < -0.4 is 14.8 Å². The van der Waals surface area contributed by atoms with Crippen molar-refractivity contribution < 1.29 is 22.7 Å². The first kappa shape index (κ1) is 20.7. The Kier molecular flexibility index (Phi) is 6.81. The van der Waals surface area contributed by atoms with Gasteiger partial charge in [-0.1, -0.05) is 18.2 Å². The summed E-state index contributed by atoms with van der Waals surface area (Å²) in [6.45, 7) is 1.52. The molecule has 0 saturated carbocycles. The van der Waals surface area contributed by atoms with Crippen molar-refractivity contribution in [3.63, 3.8) is 0 Å². The molecule has 27 heavy (non-hydrogen) atoms. The van der Waals surface area contributed by atoms with Crippen LogP contribution in [0.25, 0.3) is 0 Å². The predicted molar refractivity (Wildman–Crippen MR) is 102 cm³/mol. The number of methoxy groups -OCH3 is 2. The number of carbonyl (C=O) groups is 1. The van der Waals surface area contributed by atoms with E-state index in [2.05, 4.69) is 5.32 Å². The lowest BCUT2D eigenvalue weighted by molar-refractivity contribution is -0.121. The SMILES string of the molecule is COc1ccc(S(=O)(=O)N(C)CC(=O)NC(C)c2ccccc2OC)cc1. The number of para-hydroxylation sites is 1. The molecule has 146 valence electrons. The van der Waals surface area contributed by atoms with Gasteiger partial charge in [-0.2, -0.15) is 4.31 Å². The molecule has 2 aromatic rings. The van der Waals surface area contributed by atoms with E-state index in [1.54, 1.807) is 25.3 Å². The number of nitrogens with zero attached hydrogens (tertiary/aromatic N) is 1. The zero-order valence-electron chi connectivity index (χ0n) is 15.8. The lowest BCUT2D eigenvalue weighted by atomic mass is 10.1. The number of hydrogen-bond donors (Lipinski definition) is 1. The van der Waals surface area contributed by atoms with Crippen molar-refractivity contribution in [2.24, 2.45) is 0 Å². The van der Waals surface area contributed by atoms with Crippen LogP contribution in [0, 0.1) is 0 Å². The second kappa shape index (κ2) is 8.88. The molecule has 1 unspecified atom stereocenters. The minimum Gasteiger partial charge on any atom is -0.497 e. The molecule has 0 aliphatic heterocycles. The van der Waals surface area contributed by atoms with Crippen LogP contribution in [0.3, 0.4) is 0 Å². The molecule has 8 heteroatoms. The highest BCUT2D eigenvalue weighted by Gasteiger charge is 2.24. The monoisotopic (exact) mass is 392 g/mol. The van der Waals surface area contributed by atoms with E-state index in [0.29, 0.717) is 11.5 Å². The Morgan fingerprint density at radius 2 is 1.70 bits per heavy atom. The first-order chi connectivity index (χ1) is 12.8. The van der Waals surface area contributed by atoms with Crippen LogP contribution in [0.15, 0.2) is 53.4 Å². The van der Waals surface area contributed by atoms with Crippen molar-refractivity contribution in [2.75, 3.05) is 27.8 Å². The van der Waals surface area contributed by atoms with Crippen LogP contribution in [-0.2, 0) is 14.8 Å². The minimum absolute atomic E-state index is 0.0939. The standard InChI is InChI=1S/C19H24N2O5S/c1-14(17-7-5-6-8-18(17)26-4)20-19(22)13-21(2)27(23,24)16-11-9-15(25-3)10-12-16/h5-12,14H,13H2,1-4H3,(H,20,22). The maximum Gasteiger partial charge on any atom is 0.243 e. The second-order valence-electron chi connectivity index (χ2n) is 5.97. The largest absolute Gasteiger partial charge is 0.497 e. The lowest BCUT2D eigenvalue weighted by Gasteiger charge is -2.20. The van der Waals surface area contributed by atoms with Crippen LogP contribution in [0.2, 0.25) is 0 Å². The minimum atomic E-state index is -3.78. The third-order valence-corrected chi connectivity index (χ3v) is 5.93. The average Bonchev–Trinajstić information content (AvgIpc) is 2.67. The molecule has 0 spiro atoms. The zero-order valence-corrected chi connectivity index (χ0v) is 16.6. The molecule has 7 nitrogen and oxygen atoms in total. The van der Waals surface area contributed by atoms with E-state index in [0.717, 1.165) is 9.87 Å². The van der Waals surface area contributed by atoms with Crippen LogP contribution in [-0.4, -0.2) is 46.4 Å². The van der Waals surface area contributed by atoms with Gasteiger partial charge in [-0.05, 0) is 37.3 Å². The molecule has 2 rings (SSSR count). The Morgan fingerprint density at radius 3 is 2.30 bits per heavy atom. The number of ether oxygens (including phenoxy) is 2. The molecule has 1 amide bonds. The number of carbonyl (C=O) groups excluding carboxylic acids is 1. The highest BCUT2D eigenvalue weighted by atomic mass is 32.2. The molecular weight excluding hydrogens is 368 g/mol. The molecular formula is C19H24N2O5S. The van der Waals surface area contributed by atoms with Gasteiger partial charge in [0.2, 0.25) is 15.9 Å². The first-order valence-corrected chi connectivity index (χ1v) is 9.76. The van der Waals surface area contributed by atoms with Gasteiger partial charge in [0.25, 0.3) is 0 Å². The topological polar surface area (TPSA) is 84.9 Å². The predicted octanol–water partition coefficient (Wildman–Crippen LogP) is 2.20. The Bertz CT molecular complexity index is 881. The molecule has 0 aliphatic rings. The van der Waals surface area contributed by atoms with Crippen molar-refractivity contribution in [2.45, 2.75) is 17.9 Å². The molecule has 1 N–H and O–H groups in total. The molecule has 0 saturated heterocycles. The molecule has 1 atom stereocenters. The van der Waals surface area contributed by atoms with Crippen molar-refractivity contribution in [1.82, 2.24) is 9.62 Å². The number of likely N-dealkylation sites (N-methyl/N-ethyl adjacent to an activating group) is 1. The summed E-state index contributed by atoms with van der Waals surface area (Å²) >= 11 is 0. The van der Waals surface area contributed by atoms with Gasteiger partial charge in [0, 0.05) is 12.6 Å². The van der Waals surface area contributed by atoms with Gasteiger partial charge in [-0.15, -0.1) is 0 Å². The summed E-state index contributed by atoms with van der Waals surface area (Å²) in [5.74, 6) is 0.803. The van der Waals surface area contributed by atoms with Gasteiger partial charge in [-0.3, -0.25) is 4.79 Å². The summed E-state index contributed by atoms with van der Waals surface area (Å²) in [5.41, 5.74) is 0.814. The third kappa shape index (κ3) is 4.99. The van der Waals surface area contributed by atoms with E-state index in [9.17, 15) is 13.2 Å². The Balaban J connectivity index is 2.05. The van der Waals surface area contributed by atoms with Gasteiger partial charge >= 0.3 is 0 Å². The summed E-state index contributed by atoms with van der Waals surface area (Å²) in [7, 11) is 0.649. The molecule has 0 radical (unpaired) electrons. The summed E-state index contributed by atoms with van der Waals surface area (Å²) in [5, 5.41) is 2.80. The van der Waals surface area contributed by atoms with Crippen molar-refractivity contribution in [3.8, 4) is 11.5 Å². The molecule has 0 aliphatic carbocycles. The maximum atomic E-state index is 12.6. The molecule has 2 aromatic carbocycles. The van der Waals surface area contributed by atoms with E-state index in [-0.39, 0.29) is 17.5 Å². The quantitative estimate of drug-likeness (QED) is 0.744. The smallest absolute Gasteiger partial charge is 0.243 e. The van der Waals surface area contributed by atoms with E-state index in [1.165, 1.54) is 26.3 Å². The number of amides is 1. The number of sulfonamides is 1. The summed E-state index contributed by atoms with van der Waals surface area (Å²) < 4.78 is 36.6. The summed E-state index contributed by atoms with van der Waals surface area (Å²) in [6.07, 6.45) is 0. The normalized spacial score (nSPS) is 12.5.